The highest BCUT2D eigenvalue weighted by Gasteiger charge is 2.14. The van der Waals surface area contributed by atoms with Gasteiger partial charge in [-0.1, -0.05) is 59.6 Å². The summed E-state index contributed by atoms with van der Waals surface area (Å²) in [5.74, 6) is -1.28. The number of benzene rings is 3. The van der Waals surface area contributed by atoms with Crippen LogP contribution in [0.15, 0.2) is 97.3 Å². The van der Waals surface area contributed by atoms with Crippen LogP contribution in [0.25, 0.3) is 33.6 Å². The first-order chi connectivity index (χ1) is 19.4. The van der Waals surface area contributed by atoms with Gasteiger partial charge in [0.05, 0.1) is 24.4 Å². The highest BCUT2D eigenvalue weighted by atomic mass is 35.5. The van der Waals surface area contributed by atoms with E-state index in [9.17, 15) is 9.59 Å². The number of amides is 1. The van der Waals surface area contributed by atoms with E-state index in [0.29, 0.717) is 22.2 Å². The molecule has 9 heteroatoms. The van der Waals surface area contributed by atoms with Crippen molar-refractivity contribution in [2.45, 2.75) is 13.0 Å². The molecule has 0 aliphatic heterocycles. The van der Waals surface area contributed by atoms with E-state index in [1.807, 2.05) is 47.1 Å². The standard InChI is InChI=1S/C31H24Cl2N4O3/c32-26-15-25(16-27(33)17-26)28-18-29(23-7-5-21(6-8-23)22-9-12-34-13-10-22)37(36-28)19-20-1-3-24(4-2-20)31(40)35-14-11-30(38)39/h1-10,12-13,15-18H,11,14,19H2,(H,35,40)(H,38,39). The van der Waals surface area contributed by atoms with Crippen molar-refractivity contribution in [3.05, 3.63) is 118 Å². The number of carbonyl (C=O) groups excluding carboxylic acids is 1. The summed E-state index contributed by atoms with van der Waals surface area (Å²) in [6.07, 6.45) is 3.41. The van der Waals surface area contributed by atoms with Crippen LogP contribution in [0.4, 0.5) is 0 Å². The van der Waals surface area contributed by atoms with E-state index in [1.54, 1.807) is 30.6 Å². The molecule has 5 aromatic rings. The number of pyridine rings is 1. The Morgan fingerprint density at radius 3 is 2.05 bits per heavy atom. The van der Waals surface area contributed by atoms with Crippen molar-refractivity contribution in [2.24, 2.45) is 0 Å². The highest BCUT2D eigenvalue weighted by molar-refractivity contribution is 6.35. The third-order valence-electron chi connectivity index (χ3n) is 6.31. The molecule has 0 unspecified atom stereocenters. The number of hydrogen-bond acceptors (Lipinski definition) is 4. The molecule has 0 bridgehead atoms. The number of aromatic nitrogens is 3. The van der Waals surface area contributed by atoms with Gasteiger partial charge < -0.3 is 10.4 Å². The molecule has 200 valence electrons. The van der Waals surface area contributed by atoms with Crippen molar-refractivity contribution >= 4 is 35.1 Å². The molecule has 0 radical (unpaired) electrons. The normalized spacial score (nSPS) is 10.8. The smallest absolute Gasteiger partial charge is 0.305 e. The summed E-state index contributed by atoms with van der Waals surface area (Å²) < 4.78 is 1.91. The number of nitrogens with one attached hydrogen (secondary N) is 1. The number of nitrogens with zero attached hydrogens (tertiary/aromatic N) is 3. The van der Waals surface area contributed by atoms with Gasteiger partial charge in [0.25, 0.3) is 5.91 Å². The number of rotatable bonds is 9. The monoisotopic (exact) mass is 570 g/mol. The number of halogens is 2. The van der Waals surface area contributed by atoms with Gasteiger partial charge in [-0.3, -0.25) is 19.3 Å². The van der Waals surface area contributed by atoms with Crippen molar-refractivity contribution < 1.29 is 14.7 Å². The van der Waals surface area contributed by atoms with E-state index < -0.39 is 5.97 Å². The molecule has 2 N–H and O–H groups in total. The molecule has 0 spiro atoms. The maximum atomic E-state index is 12.3. The van der Waals surface area contributed by atoms with Crippen LogP contribution in [0.1, 0.15) is 22.3 Å². The lowest BCUT2D eigenvalue weighted by Gasteiger charge is -2.10. The van der Waals surface area contributed by atoms with Crippen LogP contribution in [0.2, 0.25) is 10.0 Å². The first-order valence-corrected chi connectivity index (χ1v) is 13.3. The van der Waals surface area contributed by atoms with Gasteiger partial charge >= 0.3 is 5.97 Å². The van der Waals surface area contributed by atoms with Gasteiger partial charge in [0.15, 0.2) is 0 Å². The summed E-state index contributed by atoms with van der Waals surface area (Å²) in [6, 6.07) is 26.7. The molecule has 7 nitrogen and oxygen atoms in total. The number of hydrogen-bond donors (Lipinski definition) is 2. The second kappa shape index (κ2) is 12.2. The lowest BCUT2D eigenvalue weighted by molar-refractivity contribution is -0.136. The van der Waals surface area contributed by atoms with Crippen LogP contribution < -0.4 is 5.32 Å². The molecule has 5 rings (SSSR count). The van der Waals surface area contributed by atoms with Crippen molar-refractivity contribution in [1.29, 1.82) is 0 Å². The fourth-order valence-electron chi connectivity index (χ4n) is 4.31. The summed E-state index contributed by atoms with van der Waals surface area (Å²) in [7, 11) is 0. The SMILES string of the molecule is O=C(O)CCNC(=O)c1ccc(Cn2nc(-c3cc(Cl)cc(Cl)c3)cc2-c2ccc(-c3ccncc3)cc2)cc1. The van der Waals surface area contributed by atoms with Crippen molar-refractivity contribution in [3.8, 4) is 33.6 Å². The summed E-state index contributed by atoms with van der Waals surface area (Å²) in [6.45, 7) is 0.527. The second-order valence-corrected chi connectivity index (χ2v) is 10.0. The molecule has 3 aromatic carbocycles. The third kappa shape index (κ3) is 6.57. The quantitative estimate of drug-likeness (QED) is 0.202. The lowest BCUT2D eigenvalue weighted by Crippen LogP contribution is -2.25. The van der Waals surface area contributed by atoms with Gasteiger partial charge in [-0.05, 0) is 70.8 Å². The largest absolute Gasteiger partial charge is 0.481 e. The first-order valence-electron chi connectivity index (χ1n) is 12.5. The molecule has 0 fully saturated rings. The maximum Gasteiger partial charge on any atom is 0.305 e. The summed E-state index contributed by atoms with van der Waals surface area (Å²) in [5.41, 5.74) is 6.98. The number of aliphatic carboxylic acids is 1. The van der Waals surface area contributed by atoms with E-state index >= 15 is 0 Å². The molecule has 2 aromatic heterocycles. The van der Waals surface area contributed by atoms with Gasteiger partial charge in [0.1, 0.15) is 0 Å². The van der Waals surface area contributed by atoms with Gasteiger partial charge in [-0.15, -0.1) is 0 Å². The molecule has 0 saturated heterocycles. The molecule has 0 atom stereocenters. The summed E-state index contributed by atoms with van der Waals surface area (Å²) in [5, 5.41) is 17.3. The van der Waals surface area contributed by atoms with Crippen molar-refractivity contribution in [2.75, 3.05) is 6.54 Å². The van der Waals surface area contributed by atoms with Gasteiger partial charge in [0, 0.05) is 40.1 Å². The Hall–Kier alpha value is -4.46. The number of carboxylic acids is 1. The zero-order chi connectivity index (χ0) is 28.1. The van der Waals surface area contributed by atoms with Crippen LogP contribution in [0, 0.1) is 0 Å². The first kappa shape index (κ1) is 27.1. The predicted molar refractivity (Wildman–Crippen MR) is 156 cm³/mol. The maximum absolute atomic E-state index is 12.3. The van der Waals surface area contributed by atoms with E-state index in [0.717, 1.165) is 39.2 Å². The van der Waals surface area contributed by atoms with E-state index in [1.165, 1.54) is 0 Å². The molecular formula is C31H24Cl2N4O3. The minimum absolute atomic E-state index is 0.0722. The Morgan fingerprint density at radius 2 is 1.40 bits per heavy atom. The number of carboxylic acid groups (broad SMARTS) is 1. The minimum Gasteiger partial charge on any atom is -0.481 e. The van der Waals surface area contributed by atoms with Crippen LogP contribution >= 0.6 is 23.2 Å². The van der Waals surface area contributed by atoms with Crippen LogP contribution in [0.3, 0.4) is 0 Å². The van der Waals surface area contributed by atoms with Crippen LogP contribution in [-0.2, 0) is 11.3 Å². The van der Waals surface area contributed by atoms with Gasteiger partial charge in [0.2, 0.25) is 0 Å². The molecular weight excluding hydrogens is 547 g/mol. The lowest BCUT2D eigenvalue weighted by atomic mass is 10.0. The molecule has 1 amide bonds. The van der Waals surface area contributed by atoms with Crippen molar-refractivity contribution in [3.63, 3.8) is 0 Å². The van der Waals surface area contributed by atoms with Gasteiger partial charge in [-0.25, -0.2) is 0 Å². The molecule has 0 saturated carbocycles. The number of carbonyl (C=O) groups is 2. The summed E-state index contributed by atoms with van der Waals surface area (Å²) in [4.78, 5) is 27.1. The molecule has 0 aliphatic carbocycles. The topological polar surface area (TPSA) is 97.1 Å². The average Bonchev–Trinajstić information content (AvgIpc) is 3.37. The average molecular weight is 571 g/mol. The Morgan fingerprint density at radius 1 is 0.775 bits per heavy atom. The minimum atomic E-state index is -0.961. The third-order valence-corrected chi connectivity index (χ3v) is 6.74. The van der Waals surface area contributed by atoms with Crippen LogP contribution in [0.5, 0.6) is 0 Å². The van der Waals surface area contributed by atoms with Gasteiger partial charge in [-0.2, -0.15) is 5.10 Å². The van der Waals surface area contributed by atoms with E-state index in [-0.39, 0.29) is 18.9 Å². The van der Waals surface area contributed by atoms with E-state index in [4.69, 9.17) is 33.4 Å². The molecule has 40 heavy (non-hydrogen) atoms. The Bertz CT molecular complexity index is 1630. The molecule has 2 heterocycles. The zero-order valence-corrected chi connectivity index (χ0v) is 22.7. The van der Waals surface area contributed by atoms with Crippen LogP contribution in [-0.4, -0.2) is 38.3 Å². The zero-order valence-electron chi connectivity index (χ0n) is 21.2. The van der Waals surface area contributed by atoms with Crippen molar-refractivity contribution in [1.82, 2.24) is 20.1 Å². The predicted octanol–water partition coefficient (Wildman–Crippen LogP) is 6.84. The summed E-state index contributed by atoms with van der Waals surface area (Å²) >= 11 is 12.5. The molecule has 0 aliphatic rings. The highest BCUT2D eigenvalue weighted by Crippen LogP contribution is 2.31. The fraction of sp³-hybridized carbons (Fsp3) is 0.0968. The Kier molecular flexibility index (Phi) is 8.24. The Labute approximate surface area is 241 Å². The van der Waals surface area contributed by atoms with E-state index in [2.05, 4.69) is 34.6 Å². The fourth-order valence-corrected chi connectivity index (χ4v) is 4.84. The second-order valence-electron chi connectivity index (χ2n) is 9.14. The Balaban J connectivity index is 1.44.